The molecule has 9 nitrogen and oxygen atoms in total. The van der Waals surface area contributed by atoms with Gasteiger partial charge in [0.2, 0.25) is 10.0 Å². The van der Waals surface area contributed by atoms with Crippen LogP contribution < -0.4 is 14.8 Å². The van der Waals surface area contributed by atoms with Crippen LogP contribution in [0.25, 0.3) is 21.8 Å². The van der Waals surface area contributed by atoms with Crippen molar-refractivity contribution < 1.29 is 26.7 Å². The van der Waals surface area contributed by atoms with E-state index in [1.807, 2.05) is 18.2 Å². The van der Waals surface area contributed by atoms with Gasteiger partial charge in [-0.1, -0.05) is 18.2 Å². The van der Waals surface area contributed by atoms with E-state index in [9.17, 15) is 21.9 Å². The number of sulfone groups is 1. The Bertz CT molecular complexity index is 1580. The molecule has 4 N–H and O–H groups in total. The van der Waals surface area contributed by atoms with Gasteiger partial charge in [-0.3, -0.25) is 4.72 Å². The predicted octanol–water partition coefficient (Wildman–Crippen LogP) is 2.80. The molecule has 0 aliphatic carbocycles. The summed E-state index contributed by atoms with van der Waals surface area (Å²) in [4.78, 5) is 3.51. The second kappa shape index (κ2) is 9.86. The van der Waals surface area contributed by atoms with Gasteiger partial charge in [-0.2, -0.15) is 0 Å². The van der Waals surface area contributed by atoms with Crippen molar-refractivity contribution in [2.45, 2.75) is 11.0 Å². The van der Waals surface area contributed by atoms with Gasteiger partial charge in [0, 0.05) is 47.4 Å². The Labute approximate surface area is 204 Å². The zero-order valence-corrected chi connectivity index (χ0v) is 20.9. The van der Waals surface area contributed by atoms with E-state index in [0.717, 1.165) is 28.1 Å². The molecule has 0 unspecified atom stereocenters. The van der Waals surface area contributed by atoms with Gasteiger partial charge in [0.15, 0.2) is 9.84 Å². The number of nitrogens with one attached hydrogen (secondary N) is 3. The molecule has 1 heterocycles. The molecule has 0 bridgehead atoms. The molecule has 3 aromatic carbocycles. The minimum absolute atomic E-state index is 0.264. The Morgan fingerprint density at radius 2 is 1.66 bits per heavy atom. The van der Waals surface area contributed by atoms with E-state index in [-0.39, 0.29) is 11.4 Å². The number of fused-ring (bicyclic) bond motifs is 3. The molecular weight excluding hydrogens is 490 g/mol. The third-order valence-corrected chi connectivity index (χ3v) is 7.15. The van der Waals surface area contributed by atoms with Crippen LogP contribution in [0.5, 0.6) is 5.75 Å². The molecule has 0 aliphatic heterocycles. The van der Waals surface area contributed by atoms with Gasteiger partial charge in [0.05, 0.1) is 22.8 Å². The Balaban J connectivity index is 1.32. The summed E-state index contributed by atoms with van der Waals surface area (Å²) in [6, 6.07) is 17.3. The van der Waals surface area contributed by atoms with Gasteiger partial charge in [-0.25, -0.2) is 16.8 Å². The van der Waals surface area contributed by atoms with Crippen molar-refractivity contribution in [3.63, 3.8) is 0 Å². The summed E-state index contributed by atoms with van der Waals surface area (Å²) in [5.74, 6) is 0.661. The molecule has 4 rings (SSSR count). The monoisotopic (exact) mass is 517 g/mol. The van der Waals surface area contributed by atoms with Gasteiger partial charge in [-0.05, 0) is 42.0 Å². The van der Waals surface area contributed by atoms with E-state index in [2.05, 4.69) is 15.0 Å². The Kier molecular flexibility index (Phi) is 7.04. The number of aromatic amines is 1. The highest BCUT2D eigenvalue weighted by molar-refractivity contribution is 7.92. The maximum Gasteiger partial charge on any atom is 0.229 e. The van der Waals surface area contributed by atoms with E-state index >= 15 is 0 Å². The second-order valence-electron chi connectivity index (χ2n) is 8.38. The quantitative estimate of drug-likeness (QED) is 0.237. The zero-order chi connectivity index (χ0) is 25.2. The maximum absolute atomic E-state index is 11.8. The Morgan fingerprint density at radius 3 is 2.37 bits per heavy atom. The molecule has 0 saturated heterocycles. The summed E-state index contributed by atoms with van der Waals surface area (Å²) in [6.07, 6.45) is 1.45. The number of H-pyrrole nitrogens is 1. The summed E-state index contributed by atoms with van der Waals surface area (Å²) in [7, 11) is -6.68. The fraction of sp³-hybridized carbons (Fsp3) is 0.250. The molecule has 11 heteroatoms. The lowest BCUT2D eigenvalue weighted by Crippen LogP contribution is -2.26. The highest BCUT2D eigenvalue weighted by atomic mass is 32.2. The molecule has 0 radical (unpaired) electrons. The standard InChI is InChI=1S/C24H27N3O6S2/c1-34(29,30)19-7-9-21-20-8-6-18(13-22(20)26-23(21)14-19)33-11-10-25-15-24(28)16-4-3-5-17(12-16)27-35(2,31)32/h3-9,12-14,24-28H,10-11,15H2,1-2H3/t24-/m0/s1. The summed E-state index contributed by atoms with van der Waals surface area (Å²) in [6.45, 7) is 1.13. The van der Waals surface area contributed by atoms with E-state index in [1.54, 1.807) is 42.5 Å². The fourth-order valence-electron chi connectivity index (χ4n) is 3.81. The van der Waals surface area contributed by atoms with Gasteiger partial charge in [0.1, 0.15) is 12.4 Å². The molecule has 35 heavy (non-hydrogen) atoms. The van der Waals surface area contributed by atoms with Crippen LogP contribution >= 0.6 is 0 Å². The summed E-state index contributed by atoms with van der Waals surface area (Å²) in [5, 5.41) is 15.4. The number of hydrogen-bond donors (Lipinski definition) is 4. The fourth-order valence-corrected chi connectivity index (χ4v) is 5.01. The molecule has 4 aromatic rings. The number of rotatable bonds is 10. The number of aliphatic hydroxyl groups is 1. The zero-order valence-electron chi connectivity index (χ0n) is 19.3. The van der Waals surface area contributed by atoms with Crippen LogP contribution in [-0.4, -0.2) is 59.1 Å². The lowest BCUT2D eigenvalue weighted by atomic mass is 10.1. The number of hydrogen-bond acceptors (Lipinski definition) is 7. The highest BCUT2D eigenvalue weighted by Crippen LogP contribution is 2.30. The number of aromatic nitrogens is 1. The molecular formula is C24H27N3O6S2. The van der Waals surface area contributed by atoms with Crippen LogP contribution in [-0.2, 0) is 19.9 Å². The van der Waals surface area contributed by atoms with Crippen molar-refractivity contribution in [1.82, 2.24) is 10.3 Å². The SMILES string of the molecule is CS(=O)(=O)Nc1cccc([C@@H](O)CNCCOc2ccc3c(c2)[nH]c2cc(S(C)(=O)=O)ccc23)c1. The molecule has 0 amide bonds. The third-order valence-electron chi connectivity index (χ3n) is 5.43. The number of ether oxygens (including phenoxy) is 1. The van der Waals surface area contributed by atoms with Gasteiger partial charge in [-0.15, -0.1) is 0 Å². The Hall–Kier alpha value is -3.12. The van der Waals surface area contributed by atoms with Crippen molar-refractivity contribution in [3.8, 4) is 5.75 Å². The minimum atomic E-state index is -3.39. The number of aliphatic hydroxyl groups excluding tert-OH is 1. The van der Waals surface area contributed by atoms with Crippen LogP contribution in [0.1, 0.15) is 11.7 Å². The molecule has 1 atom stereocenters. The van der Waals surface area contributed by atoms with Crippen LogP contribution in [0.15, 0.2) is 65.6 Å². The molecule has 0 aliphatic rings. The first-order valence-electron chi connectivity index (χ1n) is 10.8. The Morgan fingerprint density at radius 1 is 0.943 bits per heavy atom. The average molecular weight is 518 g/mol. The number of benzene rings is 3. The lowest BCUT2D eigenvalue weighted by molar-refractivity contribution is 0.172. The molecule has 1 aromatic heterocycles. The predicted molar refractivity (Wildman–Crippen MR) is 137 cm³/mol. The van der Waals surface area contributed by atoms with E-state index in [1.165, 1.54) is 6.26 Å². The smallest absolute Gasteiger partial charge is 0.229 e. The van der Waals surface area contributed by atoms with Gasteiger partial charge in [0.25, 0.3) is 0 Å². The highest BCUT2D eigenvalue weighted by Gasteiger charge is 2.12. The van der Waals surface area contributed by atoms with E-state index in [4.69, 9.17) is 4.74 Å². The van der Waals surface area contributed by atoms with E-state index < -0.39 is 26.0 Å². The number of anilines is 1. The van der Waals surface area contributed by atoms with Crippen LogP contribution in [0.2, 0.25) is 0 Å². The molecule has 0 fully saturated rings. The summed E-state index contributed by atoms with van der Waals surface area (Å²) < 4.78 is 54.6. The van der Waals surface area contributed by atoms with Crippen molar-refractivity contribution in [2.75, 3.05) is 36.9 Å². The first-order valence-corrected chi connectivity index (χ1v) is 14.6. The average Bonchev–Trinajstić information content (AvgIpc) is 3.14. The van der Waals surface area contributed by atoms with E-state index in [0.29, 0.717) is 30.2 Å². The lowest BCUT2D eigenvalue weighted by Gasteiger charge is -2.14. The van der Waals surface area contributed by atoms with Crippen molar-refractivity contribution >= 4 is 47.4 Å². The van der Waals surface area contributed by atoms with Gasteiger partial charge >= 0.3 is 0 Å². The van der Waals surface area contributed by atoms with Crippen molar-refractivity contribution in [2.24, 2.45) is 0 Å². The largest absolute Gasteiger partial charge is 0.492 e. The number of sulfonamides is 1. The first kappa shape index (κ1) is 25.0. The topological polar surface area (TPSA) is 138 Å². The summed E-state index contributed by atoms with van der Waals surface area (Å²) in [5.41, 5.74) is 2.57. The van der Waals surface area contributed by atoms with Crippen molar-refractivity contribution in [3.05, 3.63) is 66.2 Å². The molecule has 0 saturated carbocycles. The molecule has 186 valence electrons. The minimum Gasteiger partial charge on any atom is -0.492 e. The second-order valence-corrected chi connectivity index (χ2v) is 12.1. The van der Waals surface area contributed by atoms with Crippen LogP contribution in [0.4, 0.5) is 5.69 Å². The van der Waals surface area contributed by atoms with Crippen LogP contribution in [0, 0.1) is 0 Å². The normalized spacial score (nSPS) is 13.2. The molecule has 0 spiro atoms. The van der Waals surface area contributed by atoms with Crippen molar-refractivity contribution in [1.29, 1.82) is 0 Å². The third kappa shape index (κ3) is 6.31. The van der Waals surface area contributed by atoms with Crippen LogP contribution in [0.3, 0.4) is 0 Å². The summed E-state index contributed by atoms with van der Waals surface area (Å²) >= 11 is 0. The first-order chi connectivity index (χ1) is 16.5. The maximum atomic E-state index is 11.8. The van der Waals surface area contributed by atoms with Gasteiger partial charge < -0.3 is 20.1 Å².